The second-order valence-corrected chi connectivity index (χ2v) is 4.80. The molecule has 0 aromatic heterocycles. The third-order valence-corrected chi connectivity index (χ3v) is 2.52. The van der Waals surface area contributed by atoms with Gasteiger partial charge in [-0.2, -0.15) is 0 Å². The van der Waals surface area contributed by atoms with Crippen molar-refractivity contribution in [3.8, 4) is 23.7 Å². The van der Waals surface area contributed by atoms with Gasteiger partial charge in [0.05, 0.1) is 0 Å². The van der Waals surface area contributed by atoms with Crippen LogP contribution in [0.5, 0.6) is 0 Å². The highest BCUT2D eigenvalue weighted by molar-refractivity contribution is 5.94. The number of hydrogen-bond donors (Lipinski definition) is 3. The van der Waals surface area contributed by atoms with Gasteiger partial charge in [0.1, 0.15) is 0 Å². The van der Waals surface area contributed by atoms with Gasteiger partial charge in [-0.3, -0.25) is 4.79 Å². The van der Waals surface area contributed by atoms with Gasteiger partial charge >= 0.3 is 5.97 Å². The Hall–Kier alpha value is -3.54. The van der Waals surface area contributed by atoms with E-state index in [0.29, 0.717) is 6.54 Å². The van der Waals surface area contributed by atoms with Crippen LogP contribution in [0.15, 0.2) is 60.7 Å². The maximum absolute atomic E-state index is 10.9. The molecule has 0 bridgehead atoms. The van der Waals surface area contributed by atoms with Crippen LogP contribution in [-0.4, -0.2) is 30.1 Å². The molecule has 0 atom stereocenters. The normalized spacial score (nSPS) is 7.96. The third kappa shape index (κ3) is 14.5. The molecule has 0 spiro atoms. The minimum Gasteiger partial charge on any atom is -0.472 e. The minimum absolute atomic E-state index is 0.230. The summed E-state index contributed by atoms with van der Waals surface area (Å²) >= 11 is 0. The summed E-state index contributed by atoms with van der Waals surface area (Å²) < 4.78 is 0. The summed E-state index contributed by atoms with van der Waals surface area (Å²) in [5.41, 5.74) is 6.42. The molecule has 0 aliphatic rings. The summed E-state index contributed by atoms with van der Waals surface area (Å²) in [6, 6.07) is 18.4. The highest BCUT2D eigenvalue weighted by Gasteiger charge is 1.89. The molecular formula is C22H24N2O3. The van der Waals surface area contributed by atoms with E-state index in [1.165, 1.54) is 0 Å². The van der Waals surface area contributed by atoms with Gasteiger partial charge in [-0.1, -0.05) is 55.2 Å². The van der Waals surface area contributed by atoms with Gasteiger partial charge in [0.2, 0.25) is 0 Å². The summed E-state index contributed by atoms with van der Waals surface area (Å²) in [6.07, 6.45) is 0. The maximum Gasteiger partial charge on any atom is 0.382 e. The quantitative estimate of drug-likeness (QED) is 0.677. The van der Waals surface area contributed by atoms with Crippen LogP contribution >= 0.6 is 0 Å². The second-order valence-electron chi connectivity index (χ2n) is 4.80. The first-order valence-corrected chi connectivity index (χ1v) is 8.38. The topological polar surface area (TPSA) is 92.4 Å². The molecule has 5 heteroatoms. The maximum atomic E-state index is 10.9. The number of rotatable bonds is 1. The Bertz CT molecular complexity index is 795. The van der Waals surface area contributed by atoms with Crippen LogP contribution in [0.1, 0.15) is 25.0 Å². The molecule has 2 aromatic carbocycles. The Balaban J connectivity index is 0.000000442. The fourth-order valence-corrected chi connectivity index (χ4v) is 1.50. The Morgan fingerprint density at radius 2 is 1.30 bits per heavy atom. The molecule has 0 aliphatic heterocycles. The predicted molar refractivity (Wildman–Crippen MR) is 108 cm³/mol. The monoisotopic (exact) mass is 364 g/mol. The highest BCUT2D eigenvalue weighted by Crippen LogP contribution is 1.94. The summed E-state index contributed by atoms with van der Waals surface area (Å²) in [5, 5.41) is 10.8. The van der Waals surface area contributed by atoms with E-state index in [4.69, 9.17) is 10.8 Å². The largest absolute Gasteiger partial charge is 0.472 e. The zero-order valence-corrected chi connectivity index (χ0v) is 15.5. The molecule has 140 valence electrons. The summed E-state index contributed by atoms with van der Waals surface area (Å²) in [5.74, 6) is 8.46. The van der Waals surface area contributed by atoms with Crippen LogP contribution in [0.3, 0.4) is 0 Å². The fraction of sp³-hybridized carbons (Fsp3) is 0.182. The average molecular weight is 364 g/mol. The molecule has 1 amide bonds. The van der Waals surface area contributed by atoms with Crippen LogP contribution in [0.2, 0.25) is 0 Å². The van der Waals surface area contributed by atoms with Crippen molar-refractivity contribution in [3.05, 3.63) is 71.8 Å². The lowest BCUT2D eigenvalue weighted by Gasteiger charge is -1.90. The fourth-order valence-electron chi connectivity index (χ4n) is 1.50. The summed E-state index contributed by atoms with van der Waals surface area (Å²) in [7, 11) is 0. The molecule has 0 aliphatic carbocycles. The second kappa shape index (κ2) is 16.0. The van der Waals surface area contributed by atoms with Gasteiger partial charge in [0.15, 0.2) is 0 Å². The number of carboxylic acids is 1. The molecule has 0 radical (unpaired) electrons. The lowest BCUT2D eigenvalue weighted by atomic mass is 10.2. The molecular weight excluding hydrogens is 340 g/mol. The summed E-state index contributed by atoms with van der Waals surface area (Å²) in [6.45, 7) is 5.13. The number of aliphatic carboxylic acids is 1. The first-order chi connectivity index (χ1) is 13.0. The van der Waals surface area contributed by atoms with E-state index in [0.717, 1.165) is 17.7 Å². The first-order valence-electron chi connectivity index (χ1n) is 8.38. The molecule has 2 rings (SSSR count). The van der Waals surface area contributed by atoms with Gasteiger partial charge in [-0.15, -0.1) is 0 Å². The van der Waals surface area contributed by atoms with Gasteiger partial charge in [-0.25, -0.2) is 4.79 Å². The van der Waals surface area contributed by atoms with E-state index in [9.17, 15) is 9.59 Å². The average Bonchev–Trinajstić information content (AvgIpc) is 2.68. The number of nitrogens with one attached hydrogen (secondary N) is 1. The molecule has 0 unspecified atom stereocenters. The van der Waals surface area contributed by atoms with E-state index in [2.05, 4.69) is 23.1 Å². The van der Waals surface area contributed by atoms with Gasteiger partial charge in [0.25, 0.3) is 5.91 Å². The molecule has 4 N–H and O–H groups in total. The molecule has 0 saturated heterocycles. The van der Waals surface area contributed by atoms with E-state index in [1.54, 1.807) is 12.1 Å². The first kappa shape index (κ1) is 23.5. The van der Waals surface area contributed by atoms with Crippen LogP contribution < -0.4 is 11.1 Å². The number of benzene rings is 2. The third-order valence-electron chi connectivity index (χ3n) is 2.52. The van der Waals surface area contributed by atoms with Gasteiger partial charge in [-0.05, 0) is 37.7 Å². The van der Waals surface area contributed by atoms with Crippen LogP contribution in [0.25, 0.3) is 0 Å². The van der Waals surface area contributed by atoms with Crippen molar-refractivity contribution >= 4 is 11.9 Å². The van der Waals surface area contributed by atoms with Crippen molar-refractivity contribution in [1.29, 1.82) is 0 Å². The van der Waals surface area contributed by atoms with E-state index >= 15 is 0 Å². The van der Waals surface area contributed by atoms with Crippen molar-refractivity contribution in [2.24, 2.45) is 5.73 Å². The van der Waals surface area contributed by atoms with E-state index in [1.807, 2.05) is 68.3 Å². The smallest absolute Gasteiger partial charge is 0.382 e. The van der Waals surface area contributed by atoms with Crippen LogP contribution in [0, 0.1) is 23.7 Å². The van der Waals surface area contributed by atoms with Crippen molar-refractivity contribution in [3.63, 3.8) is 0 Å². The van der Waals surface area contributed by atoms with Crippen LogP contribution in [0.4, 0.5) is 0 Å². The SMILES string of the molecule is CCN.CCNC(=O)C#Cc1ccccc1.O=C(O)C#Cc1ccccc1. The summed E-state index contributed by atoms with van der Waals surface area (Å²) in [4.78, 5) is 20.9. The molecule has 0 heterocycles. The Kier molecular flexibility index (Phi) is 13.9. The van der Waals surface area contributed by atoms with Gasteiger partial charge in [0, 0.05) is 29.5 Å². The van der Waals surface area contributed by atoms with Crippen molar-refractivity contribution in [2.45, 2.75) is 13.8 Å². The van der Waals surface area contributed by atoms with E-state index in [-0.39, 0.29) is 5.91 Å². The Labute approximate surface area is 160 Å². The molecule has 5 nitrogen and oxygen atoms in total. The number of amides is 1. The number of carbonyl (C=O) groups excluding carboxylic acids is 1. The molecule has 2 aromatic rings. The number of nitrogens with two attached hydrogens (primary N) is 1. The molecule has 0 saturated carbocycles. The number of carbonyl (C=O) groups is 2. The number of hydrogen-bond acceptors (Lipinski definition) is 3. The zero-order valence-electron chi connectivity index (χ0n) is 15.5. The lowest BCUT2D eigenvalue weighted by Crippen LogP contribution is -2.20. The van der Waals surface area contributed by atoms with Gasteiger partial charge < -0.3 is 16.2 Å². The van der Waals surface area contributed by atoms with Crippen molar-refractivity contribution in [1.82, 2.24) is 5.32 Å². The Morgan fingerprint density at radius 1 is 0.889 bits per heavy atom. The van der Waals surface area contributed by atoms with E-state index < -0.39 is 5.97 Å². The van der Waals surface area contributed by atoms with Crippen molar-refractivity contribution in [2.75, 3.05) is 13.1 Å². The van der Waals surface area contributed by atoms with Crippen LogP contribution in [-0.2, 0) is 9.59 Å². The lowest BCUT2D eigenvalue weighted by molar-refractivity contribution is -0.130. The Morgan fingerprint density at radius 3 is 1.67 bits per heavy atom. The molecule has 0 fully saturated rings. The zero-order chi connectivity index (χ0) is 20.3. The minimum atomic E-state index is -1.10. The van der Waals surface area contributed by atoms with Crippen molar-refractivity contribution < 1.29 is 14.7 Å². The predicted octanol–water partition coefficient (Wildman–Crippen LogP) is 2.26. The molecule has 27 heavy (non-hydrogen) atoms. The standard InChI is InChI=1S/C11H11NO.C9H6O2.C2H7N/c1-2-12-11(13)9-8-10-6-4-3-5-7-10;10-9(11)7-6-8-4-2-1-3-5-8;1-2-3/h3-7H,2H2,1H3,(H,12,13);1-5H,(H,10,11);2-3H2,1H3. The number of carboxylic acid groups (broad SMARTS) is 1. The highest BCUT2D eigenvalue weighted by atomic mass is 16.4.